The van der Waals surface area contributed by atoms with Gasteiger partial charge in [-0.25, -0.2) is 8.42 Å². The number of hydrogen-bond donors (Lipinski definition) is 1. The quantitative estimate of drug-likeness (QED) is 0.906. The van der Waals surface area contributed by atoms with Crippen molar-refractivity contribution in [3.05, 3.63) is 17.1 Å². The maximum atomic E-state index is 12.9. The van der Waals surface area contributed by atoms with Crippen LogP contribution < -0.4 is 0 Å². The highest BCUT2D eigenvalue weighted by Gasteiger charge is 2.42. The largest absolute Gasteiger partial charge is 0.465 e. The molecule has 2 heterocycles. The molecule has 1 aliphatic rings. The number of hydrogen-bond acceptors (Lipinski definition) is 4. The molecule has 0 aromatic carbocycles. The molecule has 0 saturated carbocycles. The third kappa shape index (κ3) is 2.64. The number of sulfonamides is 1. The lowest BCUT2D eigenvalue weighted by atomic mass is 9.82. The topological polar surface area (TPSA) is 70.8 Å². The van der Waals surface area contributed by atoms with Gasteiger partial charge < -0.3 is 9.52 Å². The molecular formula is C15H25NO4S. The summed E-state index contributed by atoms with van der Waals surface area (Å²) in [6, 6.07) is 0. The van der Waals surface area contributed by atoms with Crippen LogP contribution in [0, 0.1) is 19.3 Å². The lowest BCUT2D eigenvalue weighted by molar-refractivity contribution is 0.274. The summed E-state index contributed by atoms with van der Waals surface area (Å²) >= 11 is 0. The van der Waals surface area contributed by atoms with Gasteiger partial charge in [-0.05, 0) is 38.5 Å². The summed E-state index contributed by atoms with van der Waals surface area (Å²) in [5, 5.41) is 9.47. The molecule has 1 aromatic rings. The first-order valence-corrected chi connectivity index (χ1v) is 8.95. The van der Waals surface area contributed by atoms with Crippen molar-refractivity contribution in [1.29, 1.82) is 0 Å². The molecule has 0 bridgehead atoms. The molecule has 0 spiro atoms. The monoisotopic (exact) mass is 315 g/mol. The minimum atomic E-state index is -3.60. The molecule has 120 valence electrons. The second-order valence-electron chi connectivity index (χ2n) is 5.98. The van der Waals surface area contributed by atoms with Crippen molar-refractivity contribution in [3.63, 3.8) is 0 Å². The van der Waals surface area contributed by atoms with E-state index in [9.17, 15) is 13.5 Å². The van der Waals surface area contributed by atoms with E-state index in [2.05, 4.69) is 13.8 Å². The zero-order valence-electron chi connectivity index (χ0n) is 13.3. The number of furan rings is 1. The van der Waals surface area contributed by atoms with E-state index in [1.54, 1.807) is 18.2 Å². The van der Waals surface area contributed by atoms with Gasteiger partial charge in [-0.3, -0.25) is 0 Å². The molecule has 1 aromatic heterocycles. The highest BCUT2D eigenvalue weighted by Crippen LogP contribution is 2.40. The number of rotatable bonds is 5. The smallest absolute Gasteiger partial charge is 0.246 e. The van der Waals surface area contributed by atoms with Gasteiger partial charge >= 0.3 is 0 Å². The van der Waals surface area contributed by atoms with Crippen LogP contribution in [0.4, 0.5) is 0 Å². The summed E-state index contributed by atoms with van der Waals surface area (Å²) in [5.41, 5.74) is 0.470. The van der Waals surface area contributed by atoms with E-state index >= 15 is 0 Å². The number of aliphatic hydroxyl groups excluding tert-OH is 1. The van der Waals surface area contributed by atoms with Gasteiger partial charge in [0.05, 0.1) is 6.61 Å². The van der Waals surface area contributed by atoms with Crippen LogP contribution in [-0.4, -0.2) is 30.9 Å². The zero-order chi connectivity index (χ0) is 15.8. The minimum Gasteiger partial charge on any atom is -0.465 e. The average Bonchev–Trinajstić information content (AvgIpc) is 3.00. The SMILES string of the molecule is CCC1(CC)CCN(S(=O)(=O)c2c(C)oc(C)c2CO)C1. The Kier molecular flexibility index (Phi) is 4.52. The molecule has 0 aliphatic carbocycles. The summed E-state index contributed by atoms with van der Waals surface area (Å²) < 4.78 is 32.8. The van der Waals surface area contributed by atoms with Crippen molar-refractivity contribution in [3.8, 4) is 0 Å². The lowest BCUT2D eigenvalue weighted by Crippen LogP contribution is -2.32. The molecule has 6 heteroatoms. The molecular weight excluding hydrogens is 290 g/mol. The summed E-state index contributed by atoms with van der Waals surface area (Å²) in [6.45, 7) is 8.33. The van der Waals surface area contributed by atoms with Gasteiger partial charge in [0.15, 0.2) is 0 Å². The lowest BCUT2D eigenvalue weighted by Gasteiger charge is -2.26. The van der Waals surface area contributed by atoms with Crippen LogP contribution >= 0.6 is 0 Å². The van der Waals surface area contributed by atoms with Crippen LogP contribution in [0.2, 0.25) is 0 Å². The molecule has 1 N–H and O–H groups in total. The molecule has 1 fully saturated rings. The first-order chi connectivity index (χ1) is 9.81. The summed E-state index contributed by atoms with van der Waals surface area (Å²) in [4.78, 5) is 0.158. The fraction of sp³-hybridized carbons (Fsp3) is 0.733. The standard InChI is InChI=1S/C15H25NO4S/c1-5-15(6-2)7-8-16(10-15)21(18,19)14-12(4)20-11(3)13(14)9-17/h17H,5-10H2,1-4H3. The summed E-state index contributed by atoms with van der Waals surface area (Å²) in [7, 11) is -3.60. The van der Waals surface area contributed by atoms with Gasteiger partial charge in [0, 0.05) is 18.7 Å². The number of aryl methyl sites for hydroxylation is 2. The van der Waals surface area contributed by atoms with Crippen molar-refractivity contribution in [1.82, 2.24) is 4.31 Å². The van der Waals surface area contributed by atoms with Crippen LogP contribution in [0.1, 0.15) is 50.2 Å². The zero-order valence-corrected chi connectivity index (χ0v) is 14.1. The Hall–Kier alpha value is -0.850. The van der Waals surface area contributed by atoms with E-state index < -0.39 is 10.0 Å². The molecule has 0 amide bonds. The second-order valence-corrected chi connectivity index (χ2v) is 7.85. The Labute approximate surface area is 127 Å². The van der Waals surface area contributed by atoms with Crippen LogP contribution in [0.5, 0.6) is 0 Å². The maximum Gasteiger partial charge on any atom is 0.246 e. The molecule has 1 aliphatic heterocycles. The second kappa shape index (κ2) is 5.74. The van der Waals surface area contributed by atoms with Gasteiger partial charge in [0.2, 0.25) is 10.0 Å². The number of nitrogens with zero attached hydrogens (tertiary/aromatic N) is 1. The van der Waals surface area contributed by atoms with E-state index in [1.807, 2.05) is 0 Å². The highest BCUT2D eigenvalue weighted by molar-refractivity contribution is 7.89. The fourth-order valence-corrected chi connectivity index (χ4v) is 5.24. The Morgan fingerprint density at radius 2 is 1.86 bits per heavy atom. The molecule has 0 radical (unpaired) electrons. The Morgan fingerprint density at radius 1 is 1.24 bits per heavy atom. The van der Waals surface area contributed by atoms with Gasteiger partial charge in [0.1, 0.15) is 16.4 Å². The minimum absolute atomic E-state index is 0.0825. The van der Waals surface area contributed by atoms with Crippen molar-refractivity contribution >= 4 is 10.0 Å². The van der Waals surface area contributed by atoms with Gasteiger partial charge in [-0.1, -0.05) is 13.8 Å². The van der Waals surface area contributed by atoms with E-state index in [-0.39, 0.29) is 16.9 Å². The van der Waals surface area contributed by atoms with Gasteiger partial charge in [-0.15, -0.1) is 0 Å². The van der Waals surface area contributed by atoms with Crippen molar-refractivity contribution < 1.29 is 17.9 Å². The first-order valence-electron chi connectivity index (χ1n) is 7.51. The van der Waals surface area contributed by atoms with Crippen LogP contribution in [0.15, 0.2) is 9.31 Å². The molecule has 2 rings (SSSR count). The van der Waals surface area contributed by atoms with Crippen LogP contribution in [0.3, 0.4) is 0 Å². The Morgan fingerprint density at radius 3 is 2.33 bits per heavy atom. The van der Waals surface area contributed by atoms with Gasteiger partial charge in [-0.2, -0.15) is 4.31 Å². The van der Waals surface area contributed by atoms with E-state index in [4.69, 9.17) is 4.42 Å². The molecule has 5 nitrogen and oxygen atoms in total. The van der Waals surface area contributed by atoms with E-state index in [0.717, 1.165) is 19.3 Å². The predicted molar refractivity (Wildman–Crippen MR) is 80.5 cm³/mol. The molecule has 21 heavy (non-hydrogen) atoms. The third-order valence-corrected chi connectivity index (χ3v) is 7.03. The van der Waals surface area contributed by atoms with E-state index in [1.165, 1.54) is 0 Å². The van der Waals surface area contributed by atoms with Crippen LogP contribution in [-0.2, 0) is 16.6 Å². The van der Waals surface area contributed by atoms with Gasteiger partial charge in [0.25, 0.3) is 0 Å². The van der Waals surface area contributed by atoms with Crippen molar-refractivity contribution in [2.75, 3.05) is 13.1 Å². The number of aliphatic hydroxyl groups is 1. The fourth-order valence-electron chi connectivity index (χ4n) is 3.29. The third-order valence-electron chi connectivity index (χ3n) is 4.98. The molecule has 0 unspecified atom stereocenters. The van der Waals surface area contributed by atoms with E-state index in [0.29, 0.717) is 30.2 Å². The highest BCUT2D eigenvalue weighted by atomic mass is 32.2. The van der Waals surface area contributed by atoms with Crippen molar-refractivity contribution in [2.45, 2.75) is 58.5 Å². The van der Waals surface area contributed by atoms with Crippen LogP contribution in [0.25, 0.3) is 0 Å². The predicted octanol–water partition coefficient (Wildman–Crippen LogP) is 2.59. The molecule has 0 atom stereocenters. The first kappa shape index (κ1) is 16.5. The summed E-state index contributed by atoms with van der Waals surface area (Å²) in [6.07, 6.45) is 2.85. The Bertz CT molecular complexity index is 614. The molecule has 1 saturated heterocycles. The summed E-state index contributed by atoms with van der Waals surface area (Å²) in [5.74, 6) is 0.840. The van der Waals surface area contributed by atoms with Crippen molar-refractivity contribution in [2.24, 2.45) is 5.41 Å². The normalized spacial score (nSPS) is 19.3. The Balaban J connectivity index is 2.41. The maximum absolute atomic E-state index is 12.9. The average molecular weight is 315 g/mol.